The Morgan fingerprint density at radius 3 is 2.39 bits per heavy atom. The second kappa shape index (κ2) is 9.42. The fraction of sp³-hybridized carbons (Fsp3) is 0.333. The van der Waals surface area contributed by atoms with E-state index in [2.05, 4.69) is 14.7 Å². The van der Waals surface area contributed by atoms with Crippen LogP contribution in [0.25, 0.3) is 0 Å². The van der Waals surface area contributed by atoms with Crippen molar-refractivity contribution in [1.29, 1.82) is 0 Å². The molecule has 1 heterocycles. The van der Waals surface area contributed by atoms with Gasteiger partial charge >= 0.3 is 0 Å². The number of hydrogen-bond donors (Lipinski definition) is 1. The molecule has 0 amide bonds. The minimum Gasteiger partial charge on any atom is -0.598 e. The van der Waals surface area contributed by atoms with Crippen molar-refractivity contribution in [2.75, 3.05) is 0 Å². The predicted octanol–water partition coefficient (Wildman–Crippen LogP) is 4.93. The molecule has 1 N–H and O–H groups in total. The van der Waals surface area contributed by atoms with Crippen molar-refractivity contribution in [3.05, 3.63) is 94.8 Å². The smallest absolute Gasteiger partial charge is 0.158 e. The molecule has 0 unspecified atom stereocenters. The van der Waals surface area contributed by atoms with E-state index in [1.165, 1.54) is 24.4 Å². The van der Waals surface area contributed by atoms with Gasteiger partial charge in [0.1, 0.15) is 17.2 Å². The molecule has 4 nitrogen and oxygen atoms in total. The topological polar surface area (TPSA) is 60.9 Å². The number of halogens is 2. The zero-order valence-corrected chi connectivity index (χ0v) is 19.0. The van der Waals surface area contributed by atoms with Gasteiger partial charge in [0.15, 0.2) is 11.4 Å². The zero-order valence-electron chi connectivity index (χ0n) is 18.2. The molecule has 7 heteroatoms. The van der Waals surface area contributed by atoms with Crippen LogP contribution >= 0.6 is 0 Å². The van der Waals surface area contributed by atoms with Crippen molar-refractivity contribution < 1.29 is 13.3 Å². The lowest BCUT2D eigenvalue weighted by atomic mass is 9.83. The van der Waals surface area contributed by atoms with Gasteiger partial charge < -0.3 is 4.55 Å². The fourth-order valence-corrected chi connectivity index (χ4v) is 4.23. The van der Waals surface area contributed by atoms with E-state index in [0.717, 1.165) is 5.56 Å². The van der Waals surface area contributed by atoms with Crippen LogP contribution in [0.1, 0.15) is 49.0 Å². The summed E-state index contributed by atoms with van der Waals surface area (Å²) in [5.74, 6) is -0.175. The Morgan fingerprint density at radius 2 is 1.77 bits per heavy atom. The zero-order chi connectivity index (χ0) is 22.6. The number of hydrogen-bond acceptors (Lipinski definition) is 4. The molecule has 3 rings (SSSR count). The predicted molar refractivity (Wildman–Crippen MR) is 120 cm³/mol. The lowest BCUT2D eigenvalue weighted by molar-refractivity contribution is 0.416. The molecule has 31 heavy (non-hydrogen) atoms. The molecule has 2 atom stereocenters. The molecule has 0 saturated carbocycles. The van der Waals surface area contributed by atoms with Gasteiger partial charge in [0, 0.05) is 24.0 Å². The maximum absolute atomic E-state index is 14.5. The van der Waals surface area contributed by atoms with Crippen LogP contribution in [-0.2, 0) is 30.0 Å². The van der Waals surface area contributed by atoms with Crippen LogP contribution in [-0.4, -0.2) is 19.3 Å². The molecular formula is C24H27F2N3OS. The first-order valence-electron chi connectivity index (χ1n) is 10.0. The number of nitrogens with one attached hydrogen (secondary N) is 1. The highest BCUT2D eigenvalue weighted by Crippen LogP contribution is 2.35. The van der Waals surface area contributed by atoms with E-state index in [-0.39, 0.29) is 11.5 Å². The number of rotatable bonds is 7. The lowest BCUT2D eigenvalue weighted by Crippen LogP contribution is -2.54. The van der Waals surface area contributed by atoms with E-state index < -0.39 is 34.1 Å². The maximum atomic E-state index is 14.5. The van der Waals surface area contributed by atoms with Gasteiger partial charge in [-0.1, -0.05) is 36.4 Å². The third-order valence-corrected chi connectivity index (χ3v) is 6.55. The average molecular weight is 444 g/mol. The third kappa shape index (κ3) is 5.47. The Kier molecular flexibility index (Phi) is 7.09. The maximum Gasteiger partial charge on any atom is 0.158 e. The van der Waals surface area contributed by atoms with E-state index in [9.17, 15) is 13.3 Å². The Balaban J connectivity index is 2.30. The second-order valence-corrected chi connectivity index (χ2v) is 10.5. The molecular weight excluding hydrogens is 416 g/mol. The molecule has 0 aliphatic rings. The first kappa shape index (κ1) is 23.3. The number of aromatic nitrogens is 2. The molecule has 0 radical (unpaired) electrons. The minimum absolute atomic E-state index is 0.207. The summed E-state index contributed by atoms with van der Waals surface area (Å²) in [4.78, 5) is 8.85. The monoisotopic (exact) mass is 443 g/mol. The second-order valence-electron chi connectivity index (χ2n) is 8.57. The van der Waals surface area contributed by atoms with Gasteiger partial charge in [0.05, 0.1) is 5.69 Å². The minimum atomic E-state index is -1.55. The van der Waals surface area contributed by atoms with Crippen molar-refractivity contribution in [2.45, 2.75) is 51.1 Å². The van der Waals surface area contributed by atoms with Crippen LogP contribution in [0.3, 0.4) is 0 Å². The molecule has 0 aliphatic heterocycles. The molecule has 1 aromatic heterocycles. The highest BCUT2D eigenvalue weighted by molar-refractivity contribution is 7.90. The summed E-state index contributed by atoms with van der Waals surface area (Å²) in [6.45, 7) is 6.57. The Bertz CT molecular complexity index is 1010. The SMILES string of the molecule is Cc1cc(F)cc([C@](Cc2ccccc2)(N[S@+]([O-])C(C)(C)C)c2nccc(CF)n2)c1. The summed E-state index contributed by atoms with van der Waals surface area (Å²) in [7, 11) is 0. The van der Waals surface area contributed by atoms with E-state index >= 15 is 0 Å². The van der Waals surface area contributed by atoms with Crippen LogP contribution in [0.4, 0.5) is 8.78 Å². The van der Waals surface area contributed by atoms with Gasteiger partial charge in [0.25, 0.3) is 0 Å². The van der Waals surface area contributed by atoms with Crippen LogP contribution in [0.5, 0.6) is 0 Å². The van der Waals surface area contributed by atoms with Crippen molar-refractivity contribution >= 4 is 11.4 Å². The fourth-order valence-electron chi connectivity index (χ4n) is 3.32. The molecule has 0 fully saturated rings. The molecule has 0 bridgehead atoms. The summed E-state index contributed by atoms with van der Waals surface area (Å²) in [6, 6.07) is 15.7. The summed E-state index contributed by atoms with van der Waals surface area (Å²) in [5.41, 5.74) is 1.12. The first-order chi connectivity index (χ1) is 14.6. The van der Waals surface area contributed by atoms with E-state index in [1.54, 1.807) is 6.92 Å². The number of benzene rings is 2. The Morgan fingerprint density at radius 1 is 1.06 bits per heavy atom. The summed E-state index contributed by atoms with van der Waals surface area (Å²) >= 11 is -1.55. The Labute approximate surface area is 185 Å². The van der Waals surface area contributed by atoms with Crippen molar-refractivity contribution in [3.8, 4) is 0 Å². The normalized spacial score (nSPS) is 14.8. The molecule has 2 aromatic carbocycles. The van der Waals surface area contributed by atoms with Crippen molar-refractivity contribution in [2.24, 2.45) is 0 Å². The summed E-state index contributed by atoms with van der Waals surface area (Å²) < 4.78 is 43.9. The van der Waals surface area contributed by atoms with Gasteiger partial charge in [-0.15, -0.1) is 4.72 Å². The van der Waals surface area contributed by atoms with Gasteiger partial charge in [-0.2, -0.15) is 0 Å². The third-order valence-electron chi connectivity index (χ3n) is 4.90. The quantitative estimate of drug-likeness (QED) is 0.526. The largest absolute Gasteiger partial charge is 0.598 e. The molecule has 164 valence electrons. The van der Waals surface area contributed by atoms with Crippen LogP contribution in [0.2, 0.25) is 0 Å². The van der Waals surface area contributed by atoms with E-state index in [4.69, 9.17) is 0 Å². The lowest BCUT2D eigenvalue weighted by Gasteiger charge is -2.37. The van der Waals surface area contributed by atoms with E-state index in [0.29, 0.717) is 17.5 Å². The van der Waals surface area contributed by atoms with Gasteiger partial charge in [0.2, 0.25) is 0 Å². The molecule has 0 spiro atoms. The number of nitrogens with zero attached hydrogens (tertiary/aromatic N) is 2. The van der Waals surface area contributed by atoms with E-state index in [1.807, 2.05) is 57.2 Å². The highest BCUT2D eigenvalue weighted by Gasteiger charge is 2.45. The Hall–Kier alpha value is -2.35. The molecule has 0 aliphatic carbocycles. The standard InChI is InChI=1S/C24H27F2N3OS/c1-17-12-19(14-20(26)13-17)24(29-31(30)23(2,3)4,15-18-8-6-5-7-9-18)22-27-11-10-21(16-25)28-22/h5-14,29H,15-16H2,1-4H3/t24-,31+/m0/s1. The molecule has 0 saturated heterocycles. The number of alkyl halides is 1. The highest BCUT2D eigenvalue weighted by atomic mass is 32.2. The van der Waals surface area contributed by atoms with Crippen LogP contribution in [0.15, 0.2) is 60.8 Å². The van der Waals surface area contributed by atoms with Crippen molar-refractivity contribution in [3.63, 3.8) is 0 Å². The van der Waals surface area contributed by atoms with Gasteiger partial charge in [-0.25, -0.2) is 18.7 Å². The van der Waals surface area contributed by atoms with Crippen LogP contribution < -0.4 is 4.72 Å². The van der Waals surface area contributed by atoms with Gasteiger partial charge in [-0.05, 0) is 62.6 Å². The first-order valence-corrected chi connectivity index (χ1v) is 11.2. The summed E-state index contributed by atoms with van der Waals surface area (Å²) in [5, 5.41) is 0. The van der Waals surface area contributed by atoms with Gasteiger partial charge in [-0.3, -0.25) is 0 Å². The summed E-state index contributed by atoms with van der Waals surface area (Å²) in [6.07, 6.45) is 1.78. The average Bonchev–Trinajstić information content (AvgIpc) is 2.72. The molecule has 3 aromatic rings. The van der Waals surface area contributed by atoms with Crippen LogP contribution in [0, 0.1) is 12.7 Å². The number of aryl methyl sites for hydroxylation is 1. The van der Waals surface area contributed by atoms with Crippen molar-refractivity contribution in [1.82, 2.24) is 14.7 Å².